The fourth-order valence-electron chi connectivity index (χ4n) is 3.22. The molecule has 3 aromatic rings. The van der Waals surface area contributed by atoms with Crippen molar-refractivity contribution in [1.82, 2.24) is 19.4 Å². The number of hydrogen-bond acceptors (Lipinski definition) is 3. The van der Waals surface area contributed by atoms with Gasteiger partial charge in [-0.1, -0.05) is 26.8 Å². The highest BCUT2D eigenvalue weighted by molar-refractivity contribution is 5.94. The van der Waals surface area contributed by atoms with Crippen LogP contribution in [0.15, 0.2) is 42.6 Å². The van der Waals surface area contributed by atoms with E-state index in [2.05, 4.69) is 30.3 Å². The third kappa shape index (κ3) is 4.32. The van der Waals surface area contributed by atoms with E-state index < -0.39 is 5.82 Å². The summed E-state index contributed by atoms with van der Waals surface area (Å²) in [6.45, 7) is 7.93. The molecule has 5 nitrogen and oxygen atoms in total. The van der Waals surface area contributed by atoms with Crippen molar-refractivity contribution < 1.29 is 9.18 Å². The summed E-state index contributed by atoms with van der Waals surface area (Å²) in [4.78, 5) is 23.9. The van der Waals surface area contributed by atoms with E-state index in [0.29, 0.717) is 18.7 Å². The maximum atomic E-state index is 13.6. The molecular weight excluding hydrogens is 343 g/mol. The van der Waals surface area contributed by atoms with Crippen LogP contribution < -0.4 is 0 Å². The Labute approximate surface area is 158 Å². The molecule has 0 bridgehead atoms. The van der Waals surface area contributed by atoms with Gasteiger partial charge in [0.1, 0.15) is 17.2 Å². The first-order valence-electron chi connectivity index (χ1n) is 9.34. The van der Waals surface area contributed by atoms with Crippen molar-refractivity contribution in [3.8, 4) is 0 Å². The van der Waals surface area contributed by atoms with Gasteiger partial charge in [-0.3, -0.25) is 4.79 Å². The van der Waals surface area contributed by atoms with Crippen molar-refractivity contribution in [3.05, 3.63) is 59.8 Å². The molecule has 2 aromatic heterocycles. The lowest BCUT2D eigenvalue weighted by molar-refractivity contribution is 0.0715. The van der Waals surface area contributed by atoms with E-state index in [9.17, 15) is 9.18 Å². The molecule has 27 heavy (non-hydrogen) atoms. The molecule has 0 saturated heterocycles. The maximum absolute atomic E-state index is 13.6. The van der Waals surface area contributed by atoms with Crippen molar-refractivity contribution in [2.24, 2.45) is 5.92 Å². The number of imidazole rings is 1. The Hall–Kier alpha value is -2.76. The highest BCUT2D eigenvalue weighted by Crippen LogP contribution is 2.18. The van der Waals surface area contributed by atoms with Crippen molar-refractivity contribution in [1.29, 1.82) is 0 Å². The predicted molar refractivity (Wildman–Crippen MR) is 104 cm³/mol. The summed E-state index contributed by atoms with van der Waals surface area (Å²) in [5.41, 5.74) is 2.01. The minimum Gasteiger partial charge on any atom is -0.331 e. The highest BCUT2D eigenvalue weighted by Gasteiger charge is 2.21. The van der Waals surface area contributed by atoms with Crippen LogP contribution in [0, 0.1) is 11.7 Å². The number of benzene rings is 1. The molecule has 1 aromatic carbocycles. The average molecular weight is 368 g/mol. The van der Waals surface area contributed by atoms with E-state index in [0.717, 1.165) is 30.0 Å². The number of halogens is 1. The molecule has 0 aliphatic rings. The van der Waals surface area contributed by atoms with Crippen LogP contribution in [-0.2, 0) is 13.1 Å². The van der Waals surface area contributed by atoms with Crippen molar-refractivity contribution in [3.63, 3.8) is 0 Å². The van der Waals surface area contributed by atoms with E-state index in [1.54, 1.807) is 23.2 Å². The summed E-state index contributed by atoms with van der Waals surface area (Å²) in [6.07, 6.45) is 2.70. The Bertz CT molecular complexity index is 935. The standard InChI is InChI=1S/C21H25FN4O/c1-4-11-26-19(24-18-9-6-10-23-20(18)26)14-25(13-15(2)3)21(27)16-7-5-8-17(22)12-16/h5-10,12,15H,4,11,13-14H2,1-3H3. The summed E-state index contributed by atoms with van der Waals surface area (Å²) in [5.74, 6) is 0.486. The SMILES string of the molecule is CCCn1c(CN(CC(C)C)C(=O)c2cccc(F)c2)nc2cccnc21. The fraction of sp³-hybridized carbons (Fsp3) is 0.381. The molecule has 6 heteroatoms. The summed E-state index contributed by atoms with van der Waals surface area (Å²) >= 11 is 0. The normalized spacial score (nSPS) is 11.3. The molecule has 0 aliphatic carbocycles. The Morgan fingerprint density at radius 2 is 2.07 bits per heavy atom. The number of amides is 1. The number of carbonyl (C=O) groups is 1. The van der Waals surface area contributed by atoms with E-state index in [1.807, 2.05) is 12.1 Å². The van der Waals surface area contributed by atoms with Gasteiger partial charge in [0.25, 0.3) is 5.91 Å². The number of fused-ring (bicyclic) bond motifs is 1. The van der Waals surface area contributed by atoms with Crippen LogP contribution in [-0.4, -0.2) is 31.9 Å². The van der Waals surface area contributed by atoms with E-state index >= 15 is 0 Å². The zero-order valence-electron chi connectivity index (χ0n) is 16.0. The van der Waals surface area contributed by atoms with Gasteiger partial charge in [0, 0.05) is 24.8 Å². The predicted octanol–water partition coefficient (Wildman–Crippen LogP) is 4.28. The highest BCUT2D eigenvalue weighted by atomic mass is 19.1. The minimum atomic E-state index is -0.409. The lowest BCUT2D eigenvalue weighted by atomic mass is 10.1. The van der Waals surface area contributed by atoms with Gasteiger partial charge in [-0.2, -0.15) is 0 Å². The van der Waals surface area contributed by atoms with Crippen LogP contribution in [0.3, 0.4) is 0 Å². The quantitative estimate of drug-likeness (QED) is 0.625. The summed E-state index contributed by atoms with van der Waals surface area (Å²) < 4.78 is 15.7. The number of nitrogens with zero attached hydrogens (tertiary/aromatic N) is 4. The van der Waals surface area contributed by atoms with Crippen LogP contribution >= 0.6 is 0 Å². The first kappa shape index (κ1) is 19.0. The number of rotatable bonds is 7. The van der Waals surface area contributed by atoms with Crippen LogP contribution in [0.5, 0.6) is 0 Å². The summed E-state index contributed by atoms with van der Waals surface area (Å²) in [5, 5.41) is 0. The maximum Gasteiger partial charge on any atom is 0.254 e. The summed E-state index contributed by atoms with van der Waals surface area (Å²) in [7, 11) is 0. The Morgan fingerprint density at radius 3 is 2.78 bits per heavy atom. The second-order valence-corrected chi connectivity index (χ2v) is 7.12. The van der Waals surface area contributed by atoms with Gasteiger partial charge in [0.15, 0.2) is 5.65 Å². The van der Waals surface area contributed by atoms with Gasteiger partial charge in [-0.25, -0.2) is 14.4 Å². The molecule has 2 heterocycles. The van der Waals surface area contributed by atoms with Crippen molar-refractivity contribution >= 4 is 17.1 Å². The molecule has 0 radical (unpaired) electrons. The number of aryl methyl sites for hydroxylation is 1. The van der Waals surface area contributed by atoms with Gasteiger partial charge >= 0.3 is 0 Å². The number of aromatic nitrogens is 3. The van der Waals surface area contributed by atoms with Crippen LogP contribution in [0.4, 0.5) is 4.39 Å². The number of pyridine rings is 1. The number of hydrogen-bond donors (Lipinski definition) is 0. The molecule has 0 aliphatic heterocycles. The van der Waals surface area contributed by atoms with Gasteiger partial charge in [0.2, 0.25) is 0 Å². The van der Waals surface area contributed by atoms with Crippen LogP contribution in [0.25, 0.3) is 11.2 Å². The van der Waals surface area contributed by atoms with Gasteiger partial charge in [0.05, 0.1) is 6.54 Å². The Balaban J connectivity index is 1.96. The molecule has 142 valence electrons. The van der Waals surface area contributed by atoms with Gasteiger partial charge in [-0.05, 0) is 42.7 Å². The van der Waals surface area contributed by atoms with Crippen LogP contribution in [0.1, 0.15) is 43.4 Å². The van der Waals surface area contributed by atoms with Crippen LogP contribution in [0.2, 0.25) is 0 Å². The molecule has 0 saturated carbocycles. The average Bonchev–Trinajstić information content (AvgIpc) is 2.98. The zero-order chi connectivity index (χ0) is 19.4. The first-order valence-corrected chi connectivity index (χ1v) is 9.34. The van der Waals surface area contributed by atoms with E-state index in [1.165, 1.54) is 12.1 Å². The summed E-state index contributed by atoms with van der Waals surface area (Å²) in [6, 6.07) is 9.63. The zero-order valence-corrected chi connectivity index (χ0v) is 16.0. The smallest absolute Gasteiger partial charge is 0.254 e. The van der Waals surface area contributed by atoms with Crippen molar-refractivity contribution in [2.45, 2.75) is 40.3 Å². The minimum absolute atomic E-state index is 0.189. The largest absolute Gasteiger partial charge is 0.331 e. The van der Waals surface area contributed by atoms with E-state index in [4.69, 9.17) is 4.98 Å². The molecule has 0 fully saturated rings. The van der Waals surface area contributed by atoms with E-state index in [-0.39, 0.29) is 11.8 Å². The molecular formula is C21H25FN4O. The first-order chi connectivity index (χ1) is 13.0. The lowest BCUT2D eigenvalue weighted by Gasteiger charge is -2.25. The third-order valence-electron chi connectivity index (χ3n) is 4.31. The second kappa shape index (κ2) is 8.29. The molecule has 1 amide bonds. The fourth-order valence-corrected chi connectivity index (χ4v) is 3.22. The molecule has 0 atom stereocenters. The number of carbonyl (C=O) groups excluding carboxylic acids is 1. The van der Waals surface area contributed by atoms with Gasteiger partial charge in [-0.15, -0.1) is 0 Å². The molecule has 0 unspecified atom stereocenters. The Morgan fingerprint density at radius 1 is 1.26 bits per heavy atom. The second-order valence-electron chi connectivity index (χ2n) is 7.12. The third-order valence-corrected chi connectivity index (χ3v) is 4.31. The van der Waals surface area contributed by atoms with Gasteiger partial charge < -0.3 is 9.47 Å². The van der Waals surface area contributed by atoms with Crippen molar-refractivity contribution in [2.75, 3.05) is 6.54 Å². The monoisotopic (exact) mass is 368 g/mol. The molecule has 0 N–H and O–H groups in total. The lowest BCUT2D eigenvalue weighted by Crippen LogP contribution is -2.34. The molecule has 0 spiro atoms. The topological polar surface area (TPSA) is 51.0 Å². The Kier molecular flexibility index (Phi) is 5.84. The molecule has 3 rings (SSSR count).